The second-order valence-electron chi connectivity index (χ2n) is 7.29. The number of H-pyrrole nitrogens is 1. The average Bonchev–Trinajstić information content (AvgIpc) is 3.31. The summed E-state index contributed by atoms with van der Waals surface area (Å²) < 4.78 is 5.11. The van der Waals surface area contributed by atoms with Gasteiger partial charge in [0.25, 0.3) is 0 Å². The lowest BCUT2D eigenvalue weighted by molar-refractivity contribution is -0.148. The highest BCUT2D eigenvalue weighted by atomic mass is 16.5. The molecule has 2 aromatic carbocycles. The molecule has 1 aliphatic heterocycles. The summed E-state index contributed by atoms with van der Waals surface area (Å²) in [4.78, 5) is 28.1. The van der Waals surface area contributed by atoms with Crippen molar-refractivity contribution < 1.29 is 19.4 Å². The van der Waals surface area contributed by atoms with Crippen LogP contribution < -0.4 is 5.32 Å². The van der Waals surface area contributed by atoms with Crippen molar-refractivity contribution in [2.45, 2.75) is 24.4 Å². The Hall–Kier alpha value is -3.12. The second kappa shape index (κ2) is 7.13. The van der Waals surface area contributed by atoms with E-state index in [1.54, 1.807) is 0 Å². The summed E-state index contributed by atoms with van der Waals surface area (Å²) in [6, 6.07) is 16.8. The molecule has 28 heavy (non-hydrogen) atoms. The summed E-state index contributed by atoms with van der Waals surface area (Å²) in [5, 5.41) is 14.2. The molecule has 6 heteroatoms. The maximum atomic E-state index is 12.9. The smallest absolute Gasteiger partial charge is 0.326 e. The van der Waals surface area contributed by atoms with Crippen LogP contribution in [0.15, 0.2) is 60.8 Å². The number of benzene rings is 2. The number of ether oxygens (including phenoxy) is 1. The number of nitrogens with one attached hydrogen (secondary N) is 2. The lowest BCUT2D eigenvalue weighted by atomic mass is 9.85. The molecule has 0 spiro atoms. The fourth-order valence-corrected chi connectivity index (χ4v) is 4.29. The van der Waals surface area contributed by atoms with Gasteiger partial charge in [0.05, 0.1) is 13.0 Å². The number of esters is 1. The summed E-state index contributed by atoms with van der Waals surface area (Å²) in [5.74, 6) is -2.10. The molecule has 3 atom stereocenters. The summed E-state index contributed by atoms with van der Waals surface area (Å²) in [7, 11) is 1.34. The van der Waals surface area contributed by atoms with Crippen molar-refractivity contribution >= 4 is 22.8 Å². The zero-order valence-electron chi connectivity index (χ0n) is 15.5. The van der Waals surface area contributed by atoms with Crippen molar-refractivity contribution in [2.75, 3.05) is 7.11 Å². The third-order valence-electron chi connectivity index (χ3n) is 5.62. The average molecular weight is 378 g/mol. The number of carboxylic acid groups (broad SMARTS) is 1. The molecule has 1 saturated heterocycles. The fourth-order valence-electron chi connectivity index (χ4n) is 4.29. The van der Waals surface area contributed by atoms with Crippen LogP contribution in [0.3, 0.4) is 0 Å². The molecule has 3 N–H and O–H groups in total. The van der Waals surface area contributed by atoms with E-state index < -0.39 is 29.4 Å². The Labute approximate surface area is 162 Å². The molecule has 1 fully saturated rings. The number of hydrogen-bond acceptors (Lipinski definition) is 4. The summed E-state index contributed by atoms with van der Waals surface area (Å²) in [6.45, 7) is 0. The van der Waals surface area contributed by atoms with Gasteiger partial charge in [0.2, 0.25) is 0 Å². The molecular weight excluding hydrogens is 356 g/mol. The highest BCUT2D eigenvalue weighted by Gasteiger charge is 2.53. The highest BCUT2D eigenvalue weighted by molar-refractivity contribution is 5.87. The van der Waals surface area contributed by atoms with Gasteiger partial charge in [-0.1, -0.05) is 48.5 Å². The van der Waals surface area contributed by atoms with Crippen molar-refractivity contribution in [2.24, 2.45) is 5.92 Å². The van der Waals surface area contributed by atoms with Crippen LogP contribution in [-0.2, 0) is 20.7 Å². The topological polar surface area (TPSA) is 91.4 Å². The minimum atomic E-state index is -1.11. The predicted molar refractivity (Wildman–Crippen MR) is 105 cm³/mol. The molecule has 3 aromatic rings. The van der Waals surface area contributed by atoms with E-state index in [2.05, 4.69) is 10.3 Å². The molecule has 1 unspecified atom stereocenters. The van der Waals surface area contributed by atoms with Gasteiger partial charge < -0.3 is 14.8 Å². The number of carbonyl (C=O) groups is 2. The van der Waals surface area contributed by atoms with Gasteiger partial charge in [-0.3, -0.25) is 14.9 Å². The monoisotopic (exact) mass is 378 g/mol. The van der Waals surface area contributed by atoms with Crippen LogP contribution in [0.1, 0.15) is 23.6 Å². The Morgan fingerprint density at radius 3 is 2.57 bits per heavy atom. The fraction of sp³-hybridized carbons (Fsp3) is 0.273. The third-order valence-corrected chi connectivity index (χ3v) is 5.62. The number of methoxy groups -OCH3 is 1. The molecule has 2 heterocycles. The number of aliphatic carboxylic acids is 1. The van der Waals surface area contributed by atoms with Crippen LogP contribution in [0.2, 0.25) is 0 Å². The van der Waals surface area contributed by atoms with Gasteiger partial charge in [-0.25, -0.2) is 0 Å². The second-order valence-corrected chi connectivity index (χ2v) is 7.29. The van der Waals surface area contributed by atoms with Crippen LogP contribution in [-0.4, -0.2) is 34.7 Å². The maximum Gasteiger partial charge on any atom is 0.326 e. The molecule has 0 aliphatic carbocycles. The van der Waals surface area contributed by atoms with Gasteiger partial charge in [-0.15, -0.1) is 0 Å². The molecule has 0 bridgehead atoms. The van der Waals surface area contributed by atoms with E-state index >= 15 is 0 Å². The van der Waals surface area contributed by atoms with Gasteiger partial charge in [-0.05, 0) is 23.6 Å². The molecule has 0 radical (unpaired) electrons. The lowest BCUT2D eigenvalue weighted by Gasteiger charge is -2.27. The predicted octanol–water partition coefficient (Wildman–Crippen LogP) is 3.06. The zero-order chi connectivity index (χ0) is 19.7. The highest BCUT2D eigenvalue weighted by Crippen LogP contribution is 2.41. The maximum absolute atomic E-state index is 12.9. The van der Waals surface area contributed by atoms with E-state index in [1.165, 1.54) is 7.11 Å². The first-order valence-corrected chi connectivity index (χ1v) is 9.23. The lowest BCUT2D eigenvalue weighted by Crippen LogP contribution is -2.50. The summed E-state index contributed by atoms with van der Waals surface area (Å²) in [6.07, 6.45) is 2.38. The first kappa shape index (κ1) is 18.3. The molecule has 1 aliphatic rings. The summed E-state index contributed by atoms with van der Waals surface area (Å²) in [5.41, 5.74) is 1.67. The molecule has 0 saturated carbocycles. The van der Waals surface area contributed by atoms with Crippen molar-refractivity contribution in [1.82, 2.24) is 10.3 Å². The van der Waals surface area contributed by atoms with Gasteiger partial charge >= 0.3 is 11.9 Å². The number of aromatic nitrogens is 1. The first-order chi connectivity index (χ1) is 13.5. The molecule has 1 aromatic heterocycles. The SMILES string of the molecule is COC(=O)[C@@]1(Cc2c[nH]c3ccccc23)CC(C(=O)O)[C@@H](c2ccccc2)N1. The largest absolute Gasteiger partial charge is 0.481 e. The Balaban J connectivity index is 1.75. The third kappa shape index (κ3) is 3.05. The van der Waals surface area contributed by atoms with E-state index in [4.69, 9.17) is 4.74 Å². The number of carboxylic acids is 1. The number of aromatic amines is 1. The van der Waals surface area contributed by atoms with Crippen molar-refractivity contribution in [3.05, 3.63) is 71.9 Å². The van der Waals surface area contributed by atoms with Crippen molar-refractivity contribution in [3.63, 3.8) is 0 Å². The van der Waals surface area contributed by atoms with Crippen LogP contribution in [0, 0.1) is 5.92 Å². The number of carbonyl (C=O) groups excluding carboxylic acids is 1. The molecule has 0 amide bonds. The number of rotatable bonds is 5. The molecular formula is C22H22N2O4. The van der Waals surface area contributed by atoms with E-state index in [0.29, 0.717) is 6.42 Å². The standard InChI is InChI=1S/C22H22N2O4/c1-28-21(27)22(11-15-13-23-18-10-6-5-9-16(15)18)12-17(20(25)26)19(24-22)14-7-3-2-4-8-14/h2-10,13,17,19,23-24H,11-12H2,1H3,(H,25,26)/t17?,19-,22-/m1/s1. The van der Waals surface area contributed by atoms with Crippen LogP contribution in [0.25, 0.3) is 10.9 Å². The van der Waals surface area contributed by atoms with Gasteiger partial charge in [-0.2, -0.15) is 0 Å². The van der Waals surface area contributed by atoms with Gasteiger partial charge in [0, 0.05) is 29.6 Å². The molecule has 4 rings (SSSR count). The quantitative estimate of drug-likeness (QED) is 0.594. The van der Waals surface area contributed by atoms with Gasteiger partial charge in [0.1, 0.15) is 5.54 Å². The van der Waals surface area contributed by atoms with E-state index in [9.17, 15) is 14.7 Å². The van der Waals surface area contributed by atoms with Crippen LogP contribution >= 0.6 is 0 Å². The minimum Gasteiger partial charge on any atom is -0.481 e. The Kier molecular flexibility index (Phi) is 4.65. The number of hydrogen-bond donors (Lipinski definition) is 3. The van der Waals surface area contributed by atoms with E-state index in [0.717, 1.165) is 22.0 Å². The van der Waals surface area contributed by atoms with Crippen LogP contribution in [0.5, 0.6) is 0 Å². The van der Waals surface area contributed by atoms with E-state index in [1.807, 2.05) is 60.8 Å². The Bertz CT molecular complexity index is 1010. The van der Waals surface area contributed by atoms with Crippen LogP contribution in [0.4, 0.5) is 0 Å². The molecule has 6 nitrogen and oxygen atoms in total. The Morgan fingerprint density at radius 1 is 1.14 bits per heavy atom. The van der Waals surface area contributed by atoms with Crippen molar-refractivity contribution in [1.29, 1.82) is 0 Å². The first-order valence-electron chi connectivity index (χ1n) is 9.23. The zero-order valence-corrected chi connectivity index (χ0v) is 15.5. The van der Waals surface area contributed by atoms with E-state index in [-0.39, 0.29) is 6.42 Å². The van der Waals surface area contributed by atoms with Crippen molar-refractivity contribution in [3.8, 4) is 0 Å². The normalized spacial score (nSPS) is 24.3. The Morgan fingerprint density at radius 2 is 1.86 bits per heavy atom. The summed E-state index contributed by atoms with van der Waals surface area (Å²) >= 11 is 0. The van der Waals surface area contributed by atoms with Gasteiger partial charge in [0.15, 0.2) is 0 Å². The number of fused-ring (bicyclic) bond motifs is 1. The molecule has 144 valence electrons. The number of para-hydroxylation sites is 1. The minimum absolute atomic E-state index is 0.161.